The Morgan fingerprint density at radius 2 is 2.10 bits per heavy atom. The van der Waals surface area contributed by atoms with E-state index in [0.717, 1.165) is 25.1 Å². The van der Waals surface area contributed by atoms with Gasteiger partial charge < -0.3 is 10.6 Å². The molecule has 0 saturated carbocycles. The van der Waals surface area contributed by atoms with Gasteiger partial charge in [-0.05, 0) is 48.2 Å². The third-order valence-corrected chi connectivity index (χ3v) is 4.10. The van der Waals surface area contributed by atoms with E-state index in [9.17, 15) is 0 Å². The van der Waals surface area contributed by atoms with Gasteiger partial charge in [0.2, 0.25) is 0 Å². The van der Waals surface area contributed by atoms with Crippen molar-refractivity contribution in [1.82, 2.24) is 0 Å². The Bertz CT molecular complexity index is 700. The molecule has 0 saturated heterocycles. The van der Waals surface area contributed by atoms with Gasteiger partial charge in [0.15, 0.2) is 0 Å². The number of nitriles is 1. The summed E-state index contributed by atoms with van der Waals surface area (Å²) in [5.41, 5.74) is 11.9. The first kappa shape index (κ1) is 13.7. The van der Waals surface area contributed by atoms with Gasteiger partial charge in [-0.3, -0.25) is 0 Å². The van der Waals surface area contributed by atoms with Crippen molar-refractivity contribution in [3.8, 4) is 6.07 Å². The van der Waals surface area contributed by atoms with Crippen molar-refractivity contribution in [3.63, 3.8) is 0 Å². The topological polar surface area (TPSA) is 53.0 Å². The highest BCUT2D eigenvalue weighted by Crippen LogP contribution is 2.28. The highest BCUT2D eigenvalue weighted by atomic mass is 15.2. The molecule has 0 bridgehead atoms. The monoisotopic (exact) mass is 277 g/mol. The highest BCUT2D eigenvalue weighted by Gasteiger charge is 2.21. The number of hydrogen-bond acceptors (Lipinski definition) is 3. The molecule has 1 unspecified atom stereocenters. The Labute approximate surface area is 125 Å². The van der Waals surface area contributed by atoms with E-state index in [1.165, 1.54) is 16.8 Å². The van der Waals surface area contributed by atoms with Crippen molar-refractivity contribution in [2.75, 3.05) is 11.4 Å². The quantitative estimate of drug-likeness (QED) is 0.918. The number of hydrogen-bond donors (Lipinski definition) is 1. The molecule has 21 heavy (non-hydrogen) atoms. The van der Waals surface area contributed by atoms with E-state index < -0.39 is 0 Å². The van der Waals surface area contributed by atoms with Crippen LogP contribution in [-0.4, -0.2) is 12.6 Å². The number of nitrogens with two attached hydrogens (primary N) is 1. The summed E-state index contributed by atoms with van der Waals surface area (Å²) in [4.78, 5) is 2.35. The van der Waals surface area contributed by atoms with Crippen molar-refractivity contribution >= 4 is 5.69 Å². The predicted molar refractivity (Wildman–Crippen MR) is 85.1 cm³/mol. The van der Waals surface area contributed by atoms with Crippen molar-refractivity contribution in [3.05, 3.63) is 64.7 Å². The zero-order chi connectivity index (χ0) is 14.8. The second-order valence-electron chi connectivity index (χ2n) is 5.73. The van der Waals surface area contributed by atoms with Gasteiger partial charge in [0.05, 0.1) is 11.6 Å². The van der Waals surface area contributed by atoms with Gasteiger partial charge in [0.25, 0.3) is 0 Å². The van der Waals surface area contributed by atoms with Gasteiger partial charge in [-0.2, -0.15) is 5.26 Å². The van der Waals surface area contributed by atoms with Crippen LogP contribution in [0.4, 0.5) is 5.69 Å². The molecule has 3 rings (SSSR count). The van der Waals surface area contributed by atoms with Crippen LogP contribution in [-0.2, 0) is 13.0 Å². The lowest BCUT2D eigenvalue weighted by molar-refractivity contribution is 0.598. The third kappa shape index (κ3) is 2.76. The maximum Gasteiger partial charge on any atom is 0.0991 e. The van der Waals surface area contributed by atoms with E-state index in [2.05, 4.69) is 48.2 Å². The standard InChI is InChI=1S/C18H19N3/c1-13-8-14(10-19)6-7-16(13)11-21-12-17(20)9-15-4-2-3-5-18(15)21/h2-8,17H,9,11-12,20H2,1H3. The molecule has 106 valence electrons. The average molecular weight is 277 g/mol. The minimum absolute atomic E-state index is 0.179. The summed E-state index contributed by atoms with van der Waals surface area (Å²) in [6.07, 6.45) is 0.943. The molecule has 0 aliphatic carbocycles. The van der Waals surface area contributed by atoms with Crippen LogP contribution in [0.2, 0.25) is 0 Å². The minimum Gasteiger partial charge on any atom is -0.365 e. The van der Waals surface area contributed by atoms with Crippen LogP contribution in [0.15, 0.2) is 42.5 Å². The molecule has 0 fully saturated rings. The number of fused-ring (bicyclic) bond motifs is 1. The first-order valence-corrected chi connectivity index (χ1v) is 7.25. The summed E-state index contributed by atoms with van der Waals surface area (Å²) in [6.45, 7) is 3.77. The first-order chi connectivity index (χ1) is 10.2. The lowest BCUT2D eigenvalue weighted by atomic mass is 9.97. The SMILES string of the molecule is Cc1cc(C#N)ccc1CN1CC(N)Cc2ccccc21. The fraction of sp³-hybridized carbons (Fsp3) is 0.278. The summed E-state index contributed by atoms with van der Waals surface area (Å²) >= 11 is 0. The second kappa shape index (κ2) is 5.59. The summed E-state index contributed by atoms with van der Waals surface area (Å²) < 4.78 is 0. The summed E-state index contributed by atoms with van der Waals surface area (Å²) in [7, 11) is 0. The van der Waals surface area contributed by atoms with Crippen LogP contribution >= 0.6 is 0 Å². The molecule has 2 aromatic carbocycles. The van der Waals surface area contributed by atoms with Crippen molar-refractivity contribution in [1.29, 1.82) is 5.26 Å². The highest BCUT2D eigenvalue weighted by molar-refractivity contribution is 5.57. The molecular weight excluding hydrogens is 258 g/mol. The summed E-state index contributed by atoms with van der Waals surface area (Å²) in [6, 6.07) is 16.7. The number of benzene rings is 2. The fourth-order valence-corrected chi connectivity index (χ4v) is 3.02. The third-order valence-electron chi connectivity index (χ3n) is 4.10. The van der Waals surface area contributed by atoms with E-state index >= 15 is 0 Å². The Balaban J connectivity index is 1.90. The Kier molecular flexibility index (Phi) is 3.64. The molecule has 0 amide bonds. The number of nitrogens with zero attached hydrogens (tertiary/aromatic N) is 2. The van der Waals surface area contributed by atoms with E-state index in [-0.39, 0.29) is 6.04 Å². The first-order valence-electron chi connectivity index (χ1n) is 7.25. The van der Waals surface area contributed by atoms with Gasteiger partial charge in [-0.1, -0.05) is 24.3 Å². The van der Waals surface area contributed by atoms with E-state index in [1.807, 2.05) is 12.1 Å². The minimum atomic E-state index is 0.179. The number of anilines is 1. The maximum atomic E-state index is 8.96. The number of rotatable bonds is 2. The average Bonchev–Trinajstić information content (AvgIpc) is 2.49. The van der Waals surface area contributed by atoms with Crippen LogP contribution in [0.25, 0.3) is 0 Å². The predicted octanol–water partition coefficient (Wildman–Crippen LogP) is 2.76. The van der Waals surface area contributed by atoms with Crippen LogP contribution in [0, 0.1) is 18.3 Å². The molecule has 3 nitrogen and oxygen atoms in total. The van der Waals surface area contributed by atoms with Crippen LogP contribution in [0.5, 0.6) is 0 Å². The largest absolute Gasteiger partial charge is 0.365 e. The van der Waals surface area contributed by atoms with Crippen molar-refractivity contribution < 1.29 is 0 Å². The zero-order valence-corrected chi connectivity index (χ0v) is 12.2. The number of aryl methyl sites for hydroxylation is 1. The van der Waals surface area contributed by atoms with Crippen LogP contribution in [0.1, 0.15) is 22.3 Å². The van der Waals surface area contributed by atoms with Crippen LogP contribution in [0.3, 0.4) is 0 Å². The molecule has 1 aliphatic rings. The second-order valence-corrected chi connectivity index (χ2v) is 5.73. The molecule has 0 aromatic heterocycles. The smallest absolute Gasteiger partial charge is 0.0991 e. The van der Waals surface area contributed by atoms with Gasteiger partial charge >= 0.3 is 0 Å². The van der Waals surface area contributed by atoms with Gasteiger partial charge in [-0.15, -0.1) is 0 Å². The Hall–Kier alpha value is -2.31. The van der Waals surface area contributed by atoms with Crippen molar-refractivity contribution in [2.24, 2.45) is 5.73 Å². The molecular formula is C18H19N3. The molecule has 1 heterocycles. The fourth-order valence-electron chi connectivity index (χ4n) is 3.02. The molecule has 3 heteroatoms. The van der Waals surface area contributed by atoms with E-state index in [0.29, 0.717) is 5.56 Å². The molecule has 1 atom stereocenters. The van der Waals surface area contributed by atoms with Gasteiger partial charge in [-0.25, -0.2) is 0 Å². The van der Waals surface area contributed by atoms with E-state index in [1.54, 1.807) is 0 Å². The van der Waals surface area contributed by atoms with Gasteiger partial charge in [0.1, 0.15) is 0 Å². The van der Waals surface area contributed by atoms with Gasteiger partial charge in [0, 0.05) is 24.8 Å². The summed E-state index contributed by atoms with van der Waals surface area (Å²) in [5, 5.41) is 8.96. The lowest BCUT2D eigenvalue weighted by Gasteiger charge is -2.35. The molecule has 2 aromatic rings. The Morgan fingerprint density at radius 1 is 1.29 bits per heavy atom. The number of para-hydroxylation sites is 1. The maximum absolute atomic E-state index is 8.96. The normalized spacial score (nSPS) is 17.2. The zero-order valence-electron chi connectivity index (χ0n) is 12.2. The molecule has 0 radical (unpaired) electrons. The lowest BCUT2D eigenvalue weighted by Crippen LogP contribution is -2.43. The molecule has 2 N–H and O–H groups in total. The molecule has 1 aliphatic heterocycles. The van der Waals surface area contributed by atoms with Crippen molar-refractivity contribution in [2.45, 2.75) is 25.9 Å². The van der Waals surface area contributed by atoms with Crippen LogP contribution < -0.4 is 10.6 Å². The molecule has 0 spiro atoms. The summed E-state index contributed by atoms with van der Waals surface area (Å²) in [5.74, 6) is 0. The van der Waals surface area contributed by atoms with E-state index in [4.69, 9.17) is 11.0 Å². The Morgan fingerprint density at radius 3 is 2.86 bits per heavy atom.